The molecule has 0 atom stereocenters. The minimum atomic E-state index is -4.01. The van der Waals surface area contributed by atoms with Crippen LogP contribution >= 0.6 is 0 Å². The zero-order valence-electron chi connectivity index (χ0n) is 31.7. The van der Waals surface area contributed by atoms with Crippen LogP contribution in [0.3, 0.4) is 0 Å². The summed E-state index contributed by atoms with van der Waals surface area (Å²) in [6.45, 7) is 0. The maximum absolute atomic E-state index is 4.01. The monoisotopic (exact) mass is 912 g/mol. The van der Waals surface area contributed by atoms with Crippen molar-refractivity contribution in [3.63, 3.8) is 0 Å². The van der Waals surface area contributed by atoms with Crippen molar-refractivity contribution >= 4 is 92.5 Å². The van der Waals surface area contributed by atoms with Crippen molar-refractivity contribution in [3.8, 4) is 0 Å². The molecule has 0 fully saturated rings. The molecule has 270 valence electrons. The topological polar surface area (TPSA) is 0 Å². The molecule has 9 aromatic rings. The van der Waals surface area contributed by atoms with E-state index in [-0.39, 0.29) is 0 Å². The standard InChI is InChI=1S/C54H42Ge3/c1-7-25-43(26-8-1)55(44-27-9-2-10-28-44)49-37-19-21-39-51(49)56(45-29-11-3-12-30-45,46-31-13-4-14-32-46)53-41-23-24-42-54(53)57(47-33-15-5-16-34-47,48-35-17-6-18-36-48)52-40-22-20-38-50(52)55/h1-42H. The molecule has 57 heavy (non-hydrogen) atoms. The second-order valence-corrected chi connectivity index (χ2v) is 38.6. The van der Waals surface area contributed by atoms with Gasteiger partial charge in [0.25, 0.3) is 0 Å². The van der Waals surface area contributed by atoms with Crippen molar-refractivity contribution < 1.29 is 0 Å². The Morgan fingerprint density at radius 2 is 0.263 bits per heavy atom. The quantitative estimate of drug-likeness (QED) is 0.221. The van der Waals surface area contributed by atoms with Crippen molar-refractivity contribution in [3.05, 3.63) is 255 Å². The molecular weight excluding hydrogens is 866 g/mol. The Hall–Kier alpha value is -5.39. The summed E-state index contributed by atoms with van der Waals surface area (Å²) < 4.78 is 18.0. The van der Waals surface area contributed by atoms with Crippen LogP contribution < -0.4 is 52.8 Å². The predicted molar refractivity (Wildman–Crippen MR) is 251 cm³/mol. The molecule has 1 aliphatic rings. The molecular formula is C54H42Ge3. The SMILES string of the molecule is c1cc[c]([Ge]2([c]3ccccc3)[c]3cccc[c]3[Ge]([c]3ccccc3)([c]3ccccc3)[c]3cccc[c]3[Ge]([c]3ccccc3)([c]3ccccc3)[c]3cccc[c]32)cc1. The summed E-state index contributed by atoms with van der Waals surface area (Å²) >= 11 is -12.0. The Labute approximate surface area is 344 Å². The molecule has 10 rings (SSSR count). The zero-order valence-corrected chi connectivity index (χ0v) is 38.0. The fourth-order valence-corrected chi connectivity index (χ4v) is 53.6. The van der Waals surface area contributed by atoms with Crippen LogP contribution in [0, 0.1) is 0 Å². The number of rotatable bonds is 6. The van der Waals surface area contributed by atoms with Gasteiger partial charge in [0.1, 0.15) is 0 Å². The number of fused-ring (bicyclic) bond motifs is 3. The van der Waals surface area contributed by atoms with E-state index >= 15 is 0 Å². The van der Waals surface area contributed by atoms with Crippen molar-refractivity contribution in [2.45, 2.75) is 0 Å². The third-order valence-corrected chi connectivity index (χ3v) is 46.5. The Balaban J connectivity index is 1.58. The Kier molecular flexibility index (Phi) is 9.58. The summed E-state index contributed by atoms with van der Waals surface area (Å²) in [6, 6.07) is 99.5. The van der Waals surface area contributed by atoms with Crippen LogP contribution in [0.4, 0.5) is 0 Å². The maximum atomic E-state index is 2.56. The van der Waals surface area contributed by atoms with Crippen molar-refractivity contribution in [1.82, 2.24) is 0 Å². The van der Waals surface area contributed by atoms with Crippen LogP contribution in [-0.4, -0.2) is 39.8 Å². The average Bonchev–Trinajstić information content (AvgIpc) is 3.33. The van der Waals surface area contributed by atoms with E-state index in [1.54, 1.807) is 26.4 Å². The van der Waals surface area contributed by atoms with E-state index in [1.807, 2.05) is 0 Å². The van der Waals surface area contributed by atoms with Gasteiger partial charge in [-0.05, 0) is 0 Å². The fourth-order valence-electron chi connectivity index (χ4n) is 10.3. The fraction of sp³-hybridized carbons (Fsp3) is 0. The van der Waals surface area contributed by atoms with Gasteiger partial charge in [0.15, 0.2) is 0 Å². The van der Waals surface area contributed by atoms with Gasteiger partial charge in [-0.2, -0.15) is 0 Å². The average molecular weight is 909 g/mol. The molecule has 1 heterocycles. The molecule has 0 unspecified atom stereocenters. The van der Waals surface area contributed by atoms with Gasteiger partial charge >= 0.3 is 347 Å². The van der Waals surface area contributed by atoms with Crippen molar-refractivity contribution in [1.29, 1.82) is 0 Å². The van der Waals surface area contributed by atoms with Gasteiger partial charge in [-0.1, -0.05) is 0 Å². The molecule has 0 N–H and O–H groups in total. The van der Waals surface area contributed by atoms with Gasteiger partial charge in [-0.15, -0.1) is 0 Å². The second kappa shape index (κ2) is 15.2. The van der Waals surface area contributed by atoms with Crippen molar-refractivity contribution in [2.75, 3.05) is 0 Å². The van der Waals surface area contributed by atoms with Gasteiger partial charge in [-0.3, -0.25) is 0 Å². The molecule has 0 spiro atoms. The molecule has 0 saturated heterocycles. The van der Waals surface area contributed by atoms with Crippen LogP contribution in [-0.2, 0) is 0 Å². The van der Waals surface area contributed by atoms with Gasteiger partial charge in [0.2, 0.25) is 0 Å². The van der Waals surface area contributed by atoms with E-state index in [2.05, 4.69) is 255 Å². The van der Waals surface area contributed by atoms with Crippen LogP contribution in [0.25, 0.3) is 0 Å². The van der Waals surface area contributed by atoms with Crippen LogP contribution in [0.1, 0.15) is 0 Å². The third kappa shape index (κ3) is 5.49. The molecule has 0 radical (unpaired) electrons. The van der Waals surface area contributed by atoms with Crippen LogP contribution in [0.15, 0.2) is 255 Å². The summed E-state index contributed by atoms with van der Waals surface area (Å²) in [4.78, 5) is 0. The summed E-state index contributed by atoms with van der Waals surface area (Å²) in [6.07, 6.45) is 0. The molecule has 0 nitrogen and oxygen atoms in total. The van der Waals surface area contributed by atoms with Gasteiger partial charge in [0.05, 0.1) is 0 Å². The molecule has 0 amide bonds. The summed E-state index contributed by atoms with van der Waals surface area (Å²) in [5.41, 5.74) is 0. The Bertz CT molecular complexity index is 2270. The predicted octanol–water partition coefficient (Wildman–Crippen LogP) is 4.13. The first-order valence-corrected chi connectivity index (χ1v) is 32.5. The van der Waals surface area contributed by atoms with E-state index in [4.69, 9.17) is 0 Å². The normalized spacial score (nSPS) is 14.7. The molecule has 0 aromatic heterocycles. The molecule has 0 aliphatic carbocycles. The van der Waals surface area contributed by atoms with E-state index in [9.17, 15) is 0 Å². The molecule has 3 heteroatoms. The Morgan fingerprint density at radius 1 is 0.140 bits per heavy atom. The number of hydrogen-bond acceptors (Lipinski definition) is 0. The van der Waals surface area contributed by atoms with E-state index < -0.39 is 39.8 Å². The molecule has 1 aliphatic heterocycles. The third-order valence-electron chi connectivity index (χ3n) is 12.4. The molecule has 0 bridgehead atoms. The second-order valence-electron chi connectivity index (χ2n) is 15.1. The van der Waals surface area contributed by atoms with Gasteiger partial charge in [-0.25, -0.2) is 0 Å². The molecule has 0 saturated carbocycles. The van der Waals surface area contributed by atoms with Gasteiger partial charge in [0, 0.05) is 0 Å². The van der Waals surface area contributed by atoms with E-state index in [0.717, 1.165) is 0 Å². The zero-order chi connectivity index (χ0) is 38.1. The first-order chi connectivity index (χ1) is 28.3. The number of benzene rings is 9. The minimum absolute atomic E-state index is 1.46. The van der Waals surface area contributed by atoms with Crippen molar-refractivity contribution in [2.24, 2.45) is 0 Å². The van der Waals surface area contributed by atoms with Crippen LogP contribution in [0.2, 0.25) is 0 Å². The summed E-state index contributed by atoms with van der Waals surface area (Å²) in [5.74, 6) is 0. The summed E-state index contributed by atoms with van der Waals surface area (Å²) in [5, 5.41) is 0. The Morgan fingerprint density at radius 3 is 0.404 bits per heavy atom. The van der Waals surface area contributed by atoms with Crippen LogP contribution in [0.5, 0.6) is 0 Å². The number of hydrogen-bond donors (Lipinski definition) is 0. The first-order valence-electron chi connectivity index (χ1n) is 19.9. The first kappa shape index (κ1) is 36.0. The van der Waals surface area contributed by atoms with E-state index in [0.29, 0.717) is 0 Å². The summed E-state index contributed by atoms with van der Waals surface area (Å²) in [7, 11) is 0. The molecule has 9 aromatic carbocycles. The van der Waals surface area contributed by atoms with E-state index in [1.165, 1.54) is 26.4 Å². The van der Waals surface area contributed by atoms with Gasteiger partial charge < -0.3 is 0 Å².